The molecule has 0 saturated heterocycles. The van der Waals surface area contributed by atoms with E-state index in [1.807, 2.05) is 47.4 Å². The molecule has 0 spiro atoms. The van der Waals surface area contributed by atoms with Crippen molar-refractivity contribution < 1.29 is 4.79 Å². The Morgan fingerprint density at radius 1 is 1.25 bits per heavy atom. The van der Waals surface area contributed by atoms with E-state index in [1.54, 1.807) is 6.20 Å². The largest absolute Gasteiger partial charge is 0.351 e. The Balaban J connectivity index is 2.02. The van der Waals surface area contributed by atoms with E-state index in [9.17, 15) is 4.79 Å². The Morgan fingerprint density at radius 3 is 2.80 bits per heavy atom. The van der Waals surface area contributed by atoms with Gasteiger partial charge in [-0.2, -0.15) is 0 Å². The summed E-state index contributed by atoms with van der Waals surface area (Å²) >= 11 is 0. The van der Waals surface area contributed by atoms with E-state index in [-0.39, 0.29) is 18.5 Å². The van der Waals surface area contributed by atoms with Gasteiger partial charge < -0.3 is 16.0 Å². The SMILES string of the molecule is NCC(c1ccccn1)N1CC(=O)Nc2ccccc21. The summed E-state index contributed by atoms with van der Waals surface area (Å²) in [5.74, 6) is -0.0296. The molecule has 0 bridgehead atoms. The Kier molecular flexibility index (Phi) is 3.35. The maximum atomic E-state index is 11.9. The van der Waals surface area contributed by atoms with Crippen molar-refractivity contribution in [3.05, 3.63) is 54.4 Å². The second-order valence-corrected chi connectivity index (χ2v) is 4.70. The first-order chi connectivity index (χ1) is 9.79. The zero-order valence-electron chi connectivity index (χ0n) is 11.0. The third kappa shape index (κ3) is 2.23. The lowest BCUT2D eigenvalue weighted by Gasteiger charge is -2.36. The lowest BCUT2D eigenvalue weighted by atomic mass is 10.1. The van der Waals surface area contributed by atoms with Crippen LogP contribution in [0.3, 0.4) is 0 Å². The average molecular weight is 268 g/mol. The molecular weight excluding hydrogens is 252 g/mol. The summed E-state index contributed by atoms with van der Waals surface area (Å²) in [5, 5.41) is 2.88. The van der Waals surface area contributed by atoms with Crippen LogP contribution in [0.4, 0.5) is 11.4 Å². The molecule has 0 radical (unpaired) electrons. The number of nitrogens with two attached hydrogens (primary N) is 1. The summed E-state index contributed by atoms with van der Waals surface area (Å²) in [4.78, 5) is 18.3. The molecule has 20 heavy (non-hydrogen) atoms. The van der Waals surface area contributed by atoms with Crippen molar-refractivity contribution in [3.63, 3.8) is 0 Å². The highest BCUT2D eigenvalue weighted by Crippen LogP contribution is 2.34. The number of hydrogen-bond donors (Lipinski definition) is 2. The minimum absolute atomic E-state index is 0.0296. The van der Waals surface area contributed by atoms with Gasteiger partial charge >= 0.3 is 0 Å². The van der Waals surface area contributed by atoms with E-state index >= 15 is 0 Å². The third-order valence-electron chi connectivity index (χ3n) is 3.43. The maximum Gasteiger partial charge on any atom is 0.243 e. The highest BCUT2D eigenvalue weighted by atomic mass is 16.2. The van der Waals surface area contributed by atoms with Gasteiger partial charge in [0.1, 0.15) is 0 Å². The molecule has 1 unspecified atom stereocenters. The number of carbonyl (C=O) groups excluding carboxylic acids is 1. The minimum atomic E-state index is -0.108. The first-order valence-electron chi connectivity index (χ1n) is 6.56. The molecule has 1 aliphatic rings. The van der Waals surface area contributed by atoms with E-state index < -0.39 is 0 Å². The molecule has 0 fully saturated rings. The molecule has 3 rings (SSSR count). The highest BCUT2D eigenvalue weighted by Gasteiger charge is 2.28. The van der Waals surface area contributed by atoms with Crippen LogP contribution in [0.5, 0.6) is 0 Å². The predicted octanol–water partition coefficient (Wildman–Crippen LogP) is 1.54. The van der Waals surface area contributed by atoms with E-state index in [2.05, 4.69) is 10.3 Å². The van der Waals surface area contributed by atoms with Crippen molar-refractivity contribution in [1.82, 2.24) is 4.98 Å². The van der Waals surface area contributed by atoms with Crippen molar-refractivity contribution in [2.45, 2.75) is 6.04 Å². The van der Waals surface area contributed by atoms with Gasteiger partial charge in [-0.3, -0.25) is 9.78 Å². The number of hydrogen-bond acceptors (Lipinski definition) is 4. The molecule has 1 aliphatic heterocycles. The Labute approximate surface area is 117 Å². The van der Waals surface area contributed by atoms with Gasteiger partial charge in [0.25, 0.3) is 0 Å². The molecule has 2 heterocycles. The number of anilines is 2. The second-order valence-electron chi connectivity index (χ2n) is 4.70. The summed E-state index contributed by atoms with van der Waals surface area (Å²) in [7, 11) is 0. The fourth-order valence-corrected chi connectivity index (χ4v) is 2.52. The van der Waals surface area contributed by atoms with Gasteiger partial charge in [0.15, 0.2) is 0 Å². The van der Waals surface area contributed by atoms with Gasteiger partial charge in [0.05, 0.1) is 29.7 Å². The number of pyridine rings is 1. The number of nitrogens with one attached hydrogen (secondary N) is 1. The van der Waals surface area contributed by atoms with E-state index in [0.717, 1.165) is 17.1 Å². The second kappa shape index (κ2) is 5.30. The number of rotatable bonds is 3. The van der Waals surface area contributed by atoms with Crippen LogP contribution in [0.25, 0.3) is 0 Å². The van der Waals surface area contributed by atoms with Gasteiger partial charge in [-0.15, -0.1) is 0 Å². The zero-order chi connectivity index (χ0) is 13.9. The van der Waals surface area contributed by atoms with Crippen molar-refractivity contribution in [3.8, 4) is 0 Å². The molecule has 1 aromatic heterocycles. The standard InChI is InChI=1S/C15H16N4O/c16-9-14(11-5-3-4-8-17-11)19-10-15(20)18-12-6-1-2-7-13(12)19/h1-8,14H,9-10,16H2,(H,18,20). The third-order valence-corrected chi connectivity index (χ3v) is 3.43. The van der Waals surface area contributed by atoms with Crippen molar-refractivity contribution >= 4 is 17.3 Å². The zero-order valence-corrected chi connectivity index (χ0v) is 11.0. The van der Waals surface area contributed by atoms with Crippen LogP contribution in [-0.4, -0.2) is 24.0 Å². The number of carbonyl (C=O) groups is 1. The Morgan fingerprint density at radius 2 is 2.05 bits per heavy atom. The van der Waals surface area contributed by atoms with Crippen molar-refractivity contribution in [2.24, 2.45) is 5.73 Å². The number of fused-ring (bicyclic) bond motifs is 1. The molecule has 102 valence electrons. The summed E-state index contributed by atoms with van der Waals surface area (Å²) < 4.78 is 0. The highest BCUT2D eigenvalue weighted by molar-refractivity contribution is 6.01. The summed E-state index contributed by atoms with van der Waals surface area (Å²) in [6.07, 6.45) is 1.74. The summed E-state index contributed by atoms with van der Waals surface area (Å²) in [5.41, 5.74) is 8.60. The fourth-order valence-electron chi connectivity index (χ4n) is 2.52. The lowest BCUT2D eigenvalue weighted by Crippen LogP contribution is -2.43. The minimum Gasteiger partial charge on any atom is -0.351 e. The molecule has 3 N–H and O–H groups in total. The molecule has 0 saturated carbocycles. The maximum absolute atomic E-state index is 11.9. The number of benzene rings is 1. The van der Waals surface area contributed by atoms with E-state index in [4.69, 9.17) is 5.73 Å². The molecular formula is C15H16N4O. The van der Waals surface area contributed by atoms with E-state index in [0.29, 0.717) is 6.54 Å². The average Bonchev–Trinajstić information content (AvgIpc) is 2.49. The smallest absolute Gasteiger partial charge is 0.243 e. The Hall–Kier alpha value is -2.40. The topological polar surface area (TPSA) is 71.2 Å². The quantitative estimate of drug-likeness (QED) is 0.885. The lowest BCUT2D eigenvalue weighted by molar-refractivity contribution is -0.115. The number of nitrogens with zero attached hydrogens (tertiary/aromatic N) is 2. The van der Waals surface area contributed by atoms with Gasteiger partial charge in [-0.1, -0.05) is 18.2 Å². The number of para-hydroxylation sites is 2. The van der Waals surface area contributed by atoms with Crippen LogP contribution >= 0.6 is 0 Å². The molecule has 1 amide bonds. The molecule has 5 heteroatoms. The van der Waals surface area contributed by atoms with Crippen LogP contribution in [0.2, 0.25) is 0 Å². The van der Waals surface area contributed by atoms with Crippen LogP contribution in [-0.2, 0) is 4.79 Å². The van der Waals surface area contributed by atoms with Gasteiger partial charge in [0, 0.05) is 12.7 Å². The molecule has 1 atom stereocenters. The van der Waals surface area contributed by atoms with Gasteiger partial charge in [-0.05, 0) is 24.3 Å². The summed E-state index contributed by atoms with van der Waals surface area (Å²) in [6.45, 7) is 0.689. The molecule has 2 aromatic rings. The monoisotopic (exact) mass is 268 g/mol. The first-order valence-corrected chi connectivity index (χ1v) is 6.56. The van der Waals surface area contributed by atoms with Crippen molar-refractivity contribution in [2.75, 3.05) is 23.3 Å². The predicted molar refractivity (Wildman–Crippen MR) is 78.5 cm³/mol. The Bertz CT molecular complexity index is 614. The summed E-state index contributed by atoms with van der Waals surface area (Å²) in [6, 6.07) is 13.4. The fraction of sp³-hybridized carbons (Fsp3) is 0.200. The van der Waals surface area contributed by atoms with Crippen LogP contribution < -0.4 is 16.0 Å². The number of amides is 1. The molecule has 0 aliphatic carbocycles. The van der Waals surface area contributed by atoms with Gasteiger partial charge in [-0.25, -0.2) is 0 Å². The number of aromatic nitrogens is 1. The van der Waals surface area contributed by atoms with E-state index in [1.165, 1.54) is 0 Å². The van der Waals surface area contributed by atoms with Crippen LogP contribution in [0.1, 0.15) is 11.7 Å². The van der Waals surface area contributed by atoms with Crippen LogP contribution in [0.15, 0.2) is 48.7 Å². The van der Waals surface area contributed by atoms with Crippen LogP contribution in [0, 0.1) is 0 Å². The molecule has 5 nitrogen and oxygen atoms in total. The van der Waals surface area contributed by atoms with Crippen molar-refractivity contribution in [1.29, 1.82) is 0 Å². The normalized spacial score (nSPS) is 15.4. The first kappa shape index (κ1) is 12.6. The van der Waals surface area contributed by atoms with Gasteiger partial charge in [0.2, 0.25) is 5.91 Å². The molecule has 1 aromatic carbocycles.